The number of pyridine rings is 1. The zero-order chi connectivity index (χ0) is 15.7. The molecule has 6 nitrogen and oxygen atoms in total. The van der Waals surface area contributed by atoms with Crippen LogP contribution in [0.5, 0.6) is 0 Å². The zero-order valence-electron chi connectivity index (χ0n) is 13.0. The van der Waals surface area contributed by atoms with Gasteiger partial charge in [-0.3, -0.25) is 0 Å². The molecule has 6 heteroatoms. The van der Waals surface area contributed by atoms with Crippen LogP contribution >= 0.6 is 0 Å². The quantitative estimate of drug-likeness (QED) is 0.908. The standard InChI is InChI=1S/C16H22N4O2/c1-16(2,22)13-6-5-9-20(13)15(21)17-10-12-11-19-8-4-3-7-14(19)18-12/h3-4,7-8,11,13,22H,5-6,9-10H2,1-2H3,(H,17,21). The molecule has 2 N–H and O–H groups in total. The number of fused-ring (bicyclic) bond motifs is 1. The largest absolute Gasteiger partial charge is 0.388 e. The first-order valence-electron chi connectivity index (χ1n) is 7.64. The summed E-state index contributed by atoms with van der Waals surface area (Å²) in [4.78, 5) is 18.6. The Kier molecular flexibility index (Phi) is 3.78. The molecule has 0 aromatic carbocycles. The van der Waals surface area contributed by atoms with Crippen molar-refractivity contribution in [1.29, 1.82) is 0 Å². The lowest BCUT2D eigenvalue weighted by Crippen LogP contribution is -2.51. The summed E-state index contributed by atoms with van der Waals surface area (Å²) in [7, 11) is 0. The first kappa shape index (κ1) is 14.8. The molecule has 0 aliphatic carbocycles. The van der Waals surface area contributed by atoms with E-state index in [0.29, 0.717) is 13.1 Å². The normalized spacial score (nSPS) is 18.9. The van der Waals surface area contributed by atoms with Gasteiger partial charge in [0.15, 0.2) is 0 Å². The molecular weight excluding hydrogens is 280 g/mol. The van der Waals surface area contributed by atoms with E-state index in [0.717, 1.165) is 24.2 Å². The maximum Gasteiger partial charge on any atom is 0.318 e. The van der Waals surface area contributed by atoms with Crippen molar-refractivity contribution in [3.63, 3.8) is 0 Å². The maximum atomic E-state index is 12.4. The highest BCUT2D eigenvalue weighted by Gasteiger charge is 2.38. The third-order valence-corrected chi connectivity index (χ3v) is 4.16. The summed E-state index contributed by atoms with van der Waals surface area (Å²) in [6.07, 6.45) is 5.60. The molecule has 2 aromatic rings. The summed E-state index contributed by atoms with van der Waals surface area (Å²) in [5.74, 6) is 0. The van der Waals surface area contributed by atoms with E-state index in [9.17, 15) is 9.90 Å². The number of hydrogen-bond acceptors (Lipinski definition) is 3. The van der Waals surface area contributed by atoms with Crippen molar-refractivity contribution in [2.24, 2.45) is 0 Å². The van der Waals surface area contributed by atoms with Crippen molar-refractivity contribution < 1.29 is 9.90 Å². The number of nitrogens with one attached hydrogen (secondary N) is 1. The Balaban J connectivity index is 1.64. The van der Waals surface area contributed by atoms with Crippen LogP contribution in [0.25, 0.3) is 5.65 Å². The lowest BCUT2D eigenvalue weighted by Gasteiger charge is -2.33. The number of aliphatic hydroxyl groups is 1. The molecule has 0 bridgehead atoms. The smallest absolute Gasteiger partial charge is 0.318 e. The Bertz CT molecular complexity index is 641. The number of carbonyl (C=O) groups is 1. The van der Waals surface area contributed by atoms with Gasteiger partial charge in [0.25, 0.3) is 0 Å². The van der Waals surface area contributed by atoms with E-state index in [1.807, 2.05) is 35.0 Å². The molecule has 2 aromatic heterocycles. The highest BCUT2D eigenvalue weighted by molar-refractivity contribution is 5.75. The number of amides is 2. The highest BCUT2D eigenvalue weighted by Crippen LogP contribution is 2.26. The number of likely N-dealkylation sites (tertiary alicyclic amines) is 1. The maximum absolute atomic E-state index is 12.4. The van der Waals surface area contributed by atoms with E-state index in [1.165, 1.54) is 0 Å². The van der Waals surface area contributed by atoms with Crippen molar-refractivity contribution >= 4 is 11.7 Å². The van der Waals surface area contributed by atoms with Gasteiger partial charge in [-0.2, -0.15) is 0 Å². The van der Waals surface area contributed by atoms with Crippen LogP contribution in [0, 0.1) is 0 Å². The fourth-order valence-electron chi connectivity index (χ4n) is 3.08. The second-order valence-corrected chi connectivity index (χ2v) is 6.36. The van der Waals surface area contributed by atoms with E-state index in [2.05, 4.69) is 10.3 Å². The number of nitrogens with zero attached hydrogens (tertiary/aromatic N) is 3. The first-order chi connectivity index (χ1) is 10.4. The lowest BCUT2D eigenvalue weighted by atomic mass is 9.97. The Morgan fingerprint density at radius 1 is 1.50 bits per heavy atom. The molecule has 0 saturated carbocycles. The fraction of sp³-hybridized carbons (Fsp3) is 0.500. The summed E-state index contributed by atoms with van der Waals surface area (Å²) in [6.45, 7) is 4.58. The predicted octanol–water partition coefficient (Wildman–Crippen LogP) is 1.78. The van der Waals surface area contributed by atoms with Gasteiger partial charge in [0.05, 0.1) is 23.9 Å². The van der Waals surface area contributed by atoms with Crippen LogP contribution in [-0.4, -0.2) is 43.6 Å². The molecule has 1 unspecified atom stereocenters. The summed E-state index contributed by atoms with van der Waals surface area (Å²) < 4.78 is 1.93. The first-order valence-corrected chi connectivity index (χ1v) is 7.64. The number of imidazole rings is 1. The topological polar surface area (TPSA) is 69.9 Å². The summed E-state index contributed by atoms with van der Waals surface area (Å²) in [6, 6.07) is 5.53. The van der Waals surface area contributed by atoms with Gasteiger partial charge in [0.2, 0.25) is 0 Å². The van der Waals surface area contributed by atoms with Gasteiger partial charge in [-0.15, -0.1) is 0 Å². The van der Waals surface area contributed by atoms with Gasteiger partial charge in [-0.05, 0) is 38.8 Å². The Hall–Kier alpha value is -2.08. The van der Waals surface area contributed by atoms with Gasteiger partial charge >= 0.3 is 6.03 Å². The minimum atomic E-state index is -0.878. The van der Waals surface area contributed by atoms with Crippen molar-refractivity contribution in [2.75, 3.05) is 6.54 Å². The van der Waals surface area contributed by atoms with Crippen LogP contribution in [-0.2, 0) is 6.54 Å². The van der Waals surface area contributed by atoms with Gasteiger partial charge in [-0.1, -0.05) is 6.07 Å². The predicted molar refractivity (Wildman–Crippen MR) is 83.5 cm³/mol. The highest BCUT2D eigenvalue weighted by atomic mass is 16.3. The van der Waals surface area contributed by atoms with E-state index >= 15 is 0 Å². The van der Waals surface area contributed by atoms with Crippen LogP contribution in [0.3, 0.4) is 0 Å². The SMILES string of the molecule is CC(C)(O)C1CCCN1C(=O)NCc1cn2ccccc2n1. The summed E-state index contributed by atoms with van der Waals surface area (Å²) in [5.41, 5.74) is 0.803. The monoisotopic (exact) mass is 302 g/mol. The summed E-state index contributed by atoms with van der Waals surface area (Å²) >= 11 is 0. The fourth-order valence-corrected chi connectivity index (χ4v) is 3.08. The van der Waals surface area contributed by atoms with Crippen LogP contribution in [0.15, 0.2) is 30.6 Å². The third-order valence-electron chi connectivity index (χ3n) is 4.16. The number of carbonyl (C=O) groups excluding carboxylic acids is 1. The molecule has 3 rings (SSSR count). The molecule has 3 heterocycles. The number of rotatable bonds is 3. The van der Waals surface area contributed by atoms with Crippen LogP contribution in [0.1, 0.15) is 32.4 Å². The molecule has 2 amide bonds. The summed E-state index contributed by atoms with van der Waals surface area (Å²) in [5, 5.41) is 13.1. The van der Waals surface area contributed by atoms with Crippen molar-refractivity contribution in [1.82, 2.24) is 19.6 Å². The second-order valence-electron chi connectivity index (χ2n) is 6.36. The number of urea groups is 1. The van der Waals surface area contributed by atoms with E-state index in [1.54, 1.807) is 18.7 Å². The minimum absolute atomic E-state index is 0.131. The molecule has 1 fully saturated rings. The molecule has 1 atom stereocenters. The average Bonchev–Trinajstić information content (AvgIpc) is 3.10. The molecule has 0 spiro atoms. The number of hydrogen-bond donors (Lipinski definition) is 2. The molecule has 0 radical (unpaired) electrons. The molecule has 22 heavy (non-hydrogen) atoms. The van der Waals surface area contributed by atoms with Gasteiger partial charge in [-0.25, -0.2) is 9.78 Å². The van der Waals surface area contributed by atoms with Gasteiger partial charge < -0.3 is 19.7 Å². The van der Waals surface area contributed by atoms with E-state index in [-0.39, 0.29) is 12.1 Å². The van der Waals surface area contributed by atoms with E-state index in [4.69, 9.17) is 0 Å². The second kappa shape index (κ2) is 5.61. The van der Waals surface area contributed by atoms with Crippen molar-refractivity contribution in [3.8, 4) is 0 Å². The Morgan fingerprint density at radius 2 is 2.32 bits per heavy atom. The van der Waals surface area contributed by atoms with Gasteiger partial charge in [0.1, 0.15) is 5.65 Å². The average molecular weight is 302 g/mol. The Morgan fingerprint density at radius 3 is 3.05 bits per heavy atom. The molecule has 1 aliphatic rings. The van der Waals surface area contributed by atoms with E-state index < -0.39 is 5.60 Å². The Labute approximate surface area is 129 Å². The molecule has 118 valence electrons. The third kappa shape index (κ3) is 2.92. The van der Waals surface area contributed by atoms with Crippen LogP contribution in [0.2, 0.25) is 0 Å². The van der Waals surface area contributed by atoms with Crippen LogP contribution in [0.4, 0.5) is 4.79 Å². The number of aromatic nitrogens is 2. The lowest BCUT2D eigenvalue weighted by molar-refractivity contribution is 0.00978. The van der Waals surface area contributed by atoms with Crippen molar-refractivity contribution in [3.05, 3.63) is 36.3 Å². The zero-order valence-corrected chi connectivity index (χ0v) is 13.0. The minimum Gasteiger partial charge on any atom is -0.388 e. The molecule has 1 aliphatic heterocycles. The molecular formula is C16H22N4O2. The van der Waals surface area contributed by atoms with Crippen molar-refractivity contribution in [2.45, 2.75) is 44.9 Å². The van der Waals surface area contributed by atoms with Crippen LogP contribution < -0.4 is 5.32 Å². The molecule has 1 saturated heterocycles. The van der Waals surface area contributed by atoms with Gasteiger partial charge in [0, 0.05) is 18.9 Å².